The highest BCUT2D eigenvalue weighted by Gasteiger charge is 2.40. The normalized spacial score (nSPS) is 22.4. The topological polar surface area (TPSA) is 15.3 Å². The van der Waals surface area contributed by atoms with Crippen LogP contribution in [0.4, 0.5) is 8.78 Å². The zero-order chi connectivity index (χ0) is 9.73. The number of hydrogen-bond donors (Lipinski definition) is 1. The maximum Gasteiger partial charge on any atom is 0.367 e. The maximum atomic E-state index is 12.9. The molecule has 0 radical (unpaired) electrons. The third-order valence-corrected chi connectivity index (χ3v) is 2.40. The largest absolute Gasteiger partial charge is 0.367 e. The highest BCUT2D eigenvalue weighted by atomic mass is 19.3. The lowest BCUT2D eigenvalue weighted by molar-refractivity contribution is -0.136. The van der Waals surface area contributed by atoms with Crippen LogP contribution >= 0.6 is 0 Å². The van der Waals surface area contributed by atoms with Crippen LogP contribution in [0.3, 0.4) is 0 Å². The summed E-state index contributed by atoms with van der Waals surface area (Å²) in [6.07, 6.45) is 1.47. The van der Waals surface area contributed by atoms with Gasteiger partial charge in [0.15, 0.2) is 0 Å². The molecule has 0 unspecified atom stereocenters. The summed E-state index contributed by atoms with van der Waals surface area (Å²) in [6, 6.07) is 0. The molecular formula is C9H18F2N2. The first-order valence-corrected chi connectivity index (χ1v) is 5.04. The van der Waals surface area contributed by atoms with E-state index in [0.717, 1.165) is 25.7 Å². The molecule has 0 aliphatic carbocycles. The number of nitrogens with zero attached hydrogens (tertiary/aromatic N) is 1. The first-order valence-electron chi connectivity index (χ1n) is 5.04. The molecule has 4 heteroatoms. The lowest BCUT2D eigenvalue weighted by Gasteiger charge is -2.22. The fraction of sp³-hybridized carbons (Fsp3) is 1.00. The zero-order valence-electron chi connectivity index (χ0n) is 8.15. The number of alkyl halides is 2. The molecule has 1 N–H and O–H groups in total. The molecule has 1 heterocycles. The first kappa shape index (κ1) is 10.9. The lowest BCUT2D eigenvalue weighted by atomic mass is 10.2. The van der Waals surface area contributed by atoms with Crippen molar-refractivity contribution in [3.63, 3.8) is 0 Å². The predicted molar refractivity (Wildman–Crippen MR) is 48.7 cm³/mol. The summed E-state index contributed by atoms with van der Waals surface area (Å²) in [5.74, 6) is 0. The van der Waals surface area contributed by atoms with Gasteiger partial charge in [-0.1, -0.05) is 26.2 Å². The number of hydrogen-bond acceptors (Lipinski definition) is 2. The van der Waals surface area contributed by atoms with Crippen molar-refractivity contribution in [1.29, 1.82) is 0 Å². The summed E-state index contributed by atoms with van der Waals surface area (Å²) < 4.78 is 25.9. The van der Waals surface area contributed by atoms with Gasteiger partial charge in [-0.25, -0.2) is 10.2 Å². The van der Waals surface area contributed by atoms with Crippen molar-refractivity contribution in [2.45, 2.75) is 38.8 Å². The summed E-state index contributed by atoms with van der Waals surface area (Å²) in [7, 11) is 0. The minimum absolute atomic E-state index is 0.404. The molecule has 0 atom stereocenters. The molecule has 0 aromatic heterocycles. The Kier molecular flexibility index (Phi) is 4.06. The van der Waals surface area contributed by atoms with E-state index >= 15 is 0 Å². The fourth-order valence-electron chi connectivity index (χ4n) is 1.58. The van der Waals surface area contributed by atoms with E-state index in [-0.39, 0.29) is 0 Å². The van der Waals surface area contributed by atoms with Crippen molar-refractivity contribution in [3.05, 3.63) is 0 Å². The molecule has 78 valence electrons. The number of nitrogens with one attached hydrogen (secondary N) is 1. The van der Waals surface area contributed by atoms with E-state index in [1.807, 2.05) is 0 Å². The molecule has 0 bridgehead atoms. The fourth-order valence-corrected chi connectivity index (χ4v) is 1.58. The van der Waals surface area contributed by atoms with Gasteiger partial charge in [0.2, 0.25) is 0 Å². The Morgan fingerprint density at radius 1 is 1.31 bits per heavy atom. The van der Waals surface area contributed by atoms with Crippen LogP contribution in [0.2, 0.25) is 0 Å². The van der Waals surface area contributed by atoms with E-state index in [1.54, 1.807) is 0 Å². The minimum Gasteiger partial charge on any atom is -0.242 e. The average Bonchev–Trinajstić information content (AvgIpc) is 2.40. The van der Waals surface area contributed by atoms with Crippen molar-refractivity contribution < 1.29 is 8.78 Å². The predicted octanol–water partition coefficient (Wildman–Crippen LogP) is 2.02. The van der Waals surface area contributed by atoms with Gasteiger partial charge >= 0.3 is 6.17 Å². The van der Waals surface area contributed by atoms with Crippen molar-refractivity contribution in [3.8, 4) is 0 Å². The Balaban J connectivity index is 2.14. The van der Waals surface area contributed by atoms with Crippen LogP contribution in [-0.4, -0.2) is 30.7 Å². The number of halogens is 2. The second kappa shape index (κ2) is 4.86. The molecular weight excluding hydrogens is 174 g/mol. The molecule has 0 saturated carbocycles. The Bertz CT molecular complexity index is 151. The Hall–Kier alpha value is -0.220. The van der Waals surface area contributed by atoms with Gasteiger partial charge in [0.1, 0.15) is 0 Å². The van der Waals surface area contributed by atoms with Crippen molar-refractivity contribution in [2.24, 2.45) is 0 Å². The van der Waals surface area contributed by atoms with Gasteiger partial charge in [-0.05, 0) is 6.42 Å². The van der Waals surface area contributed by atoms with Crippen LogP contribution in [0.5, 0.6) is 0 Å². The van der Waals surface area contributed by atoms with E-state index in [9.17, 15) is 8.78 Å². The minimum atomic E-state index is -2.76. The second-order valence-electron chi connectivity index (χ2n) is 3.52. The van der Waals surface area contributed by atoms with E-state index < -0.39 is 6.17 Å². The van der Waals surface area contributed by atoms with Gasteiger partial charge in [-0.15, -0.1) is 0 Å². The molecule has 2 nitrogen and oxygen atoms in total. The van der Waals surface area contributed by atoms with Gasteiger partial charge < -0.3 is 0 Å². The molecule has 1 aliphatic rings. The number of unbranched alkanes of at least 4 members (excludes halogenated alkanes) is 3. The third kappa shape index (κ3) is 3.19. The van der Waals surface area contributed by atoms with Gasteiger partial charge in [0.05, 0.1) is 0 Å². The van der Waals surface area contributed by atoms with Gasteiger partial charge in [0.25, 0.3) is 0 Å². The molecule has 1 rings (SSSR count). The molecule has 1 fully saturated rings. The summed E-state index contributed by atoms with van der Waals surface area (Å²) >= 11 is 0. The summed E-state index contributed by atoms with van der Waals surface area (Å²) in [5.41, 5.74) is 0. The molecule has 0 aromatic carbocycles. The van der Waals surface area contributed by atoms with E-state index in [4.69, 9.17) is 0 Å². The van der Waals surface area contributed by atoms with Crippen LogP contribution in [0.15, 0.2) is 0 Å². The molecule has 0 amide bonds. The van der Waals surface area contributed by atoms with E-state index in [0.29, 0.717) is 19.6 Å². The van der Waals surface area contributed by atoms with Crippen LogP contribution in [0.1, 0.15) is 32.6 Å². The quantitative estimate of drug-likeness (QED) is 0.529. The van der Waals surface area contributed by atoms with Gasteiger partial charge in [0, 0.05) is 19.6 Å². The Morgan fingerprint density at radius 3 is 2.62 bits per heavy atom. The van der Waals surface area contributed by atoms with Crippen molar-refractivity contribution in [1.82, 2.24) is 10.2 Å². The summed E-state index contributed by atoms with van der Waals surface area (Å²) in [5, 5.41) is 2.18. The molecule has 0 aromatic rings. The summed E-state index contributed by atoms with van der Waals surface area (Å²) in [4.78, 5) is 1.22. The zero-order valence-corrected chi connectivity index (χ0v) is 8.15. The average molecular weight is 192 g/mol. The highest BCUT2D eigenvalue weighted by Crippen LogP contribution is 2.20. The van der Waals surface area contributed by atoms with Crippen LogP contribution < -0.4 is 5.32 Å². The Morgan fingerprint density at radius 2 is 2.08 bits per heavy atom. The van der Waals surface area contributed by atoms with Crippen molar-refractivity contribution >= 4 is 0 Å². The summed E-state index contributed by atoms with van der Waals surface area (Å²) in [6.45, 7) is 3.51. The van der Waals surface area contributed by atoms with E-state index in [1.165, 1.54) is 4.90 Å². The second-order valence-corrected chi connectivity index (χ2v) is 3.52. The maximum absolute atomic E-state index is 12.9. The molecule has 1 aliphatic heterocycles. The van der Waals surface area contributed by atoms with Crippen LogP contribution in [0.25, 0.3) is 0 Å². The van der Waals surface area contributed by atoms with Crippen LogP contribution in [-0.2, 0) is 0 Å². The molecule has 1 saturated heterocycles. The first-order chi connectivity index (χ1) is 6.17. The number of rotatable bonds is 5. The van der Waals surface area contributed by atoms with E-state index in [2.05, 4.69) is 12.2 Å². The third-order valence-electron chi connectivity index (χ3n) is 2.40. The Labute approximate surface area is 78.3 Å². The SMILES string of the molecule is CCCCCCN1CCNC1(F)F. The lowest BCUT2D eigenvalue weighted by Crippen LogP contribution is -2.43. The van der Waals surface area contributed by atoms with Crippen molar-refractivity contribution in [2.75, 3.05) is 19.6 Å². The van der Waals surface area contributed by atoms with Crippen LogP contribution in [0, 0.1) is 0 Å². The highest BCUT2D eigenvalue weighted by molar-refractivity contribution is 4.76. The molecule has 0 spiro atoms. The molecule has 13 heavy (non-hydrogen) atoms. The van der Waals surface area contributed by atoms with Gasteiger partial charge in [-0.3, -0.25) is 0 Å². The standard InChI is InChI=1S/C9H18F2N2/c1-2-3-4-5-7-13-8-6-12-9(13,10)11/h12H,2-8H2,1H3. The monoisotopic (exact) mass is 192 g/mol. The smallest absolute Gasteiger partial charge is 0.242 e. The van der Waals surface area contributed by atoms with Gasteiger partial charge in [-0.2, -0.15) is 8.78 Å².